The molecule has 0 aliphatic carbocycles. The summed E-state index contributed by atoms with van der Waals surface area (Å²) in [4.78, 5) is 30.1. The highest BCUT2D eigenvalue weighted by Gasteiger charge is 2.16. The van der Waals surface area contributed by atoms with Crippen molar-refractivity contribution in [2.75, 3.05) is 5.32 Å². The van der Waals surface area contributed by atoms with Crippen molar-refractivity contribution in [2.24, 2.45) is 0 Å². The van der Waals surface area contributed by atoms with E-state index in [1.807, 2.05) is 42.5 Å². The van der Waals surface area contributed by atoms with Crippen molar-refractivity contribution in [2.45, 2.75) is 0 Å². The summed E-state index contributed by atoms with van der Waals surface area (Å²) in [6, 6.07) is 19.9. The summed E-state index contributed by atoms with van der Waals surface area (Å²) in [5.41, 5.74) is 6.40. The Morgan fingerprint density at radius 1 is 0.872 bits per heavy atom. The van der Waals surface area contributed by atoms with E-state index in [1.165, 1.54) is 6.07 Å². The Morgan fingerprint density at radius 2 is 1.74 bits per heavy atom. The Morgan fingerprint density at radius 3 is 2.59 bits per heavy atom. The monoisotopic (exact) mass is 531 g/mol. The number of carbonyl (C=O) groups is 1. The molecular weight excluding hydrogens is 513 g/mol. The number of hydrogen-bond donors (Lipinski definition) is 3. The van der Waals surface area contributed by atoms with Gasteiger partial charge in [-0.2, -0.15) is 9.49 Å². The van der Waals surface area contributed by atoms with Gasteiger partial charge in [0.2, 0.25) is 0 Å². The lowest BCUT2D eigenvalue weighted by Gasteiger charge is -2.07. The van der Waals surface area contributed by atoms with Crippen molar-refractivity contribution in [3.05, 3.63) is 102 Å². The molecule has 39 heavy (non-hydrogen) atoms. The molecule has 0 radical (unpaired) electrons. The SMILES string of the molecule is O=C(Nc1cncc(-c2cnc3[nH]nc(-c4cc5c(-c6ccc(F)s6)ccnc5[nH]4)c3c2)c1)c1ccccc1. The number of fused-ring (bicyclic) bond motifs is 2. The number of halogens is 1. The second-order valence-corrected chi connectivity index (χ2v) is 9.92. The lowest BCUT2D eigenvalue weighted by Crippen LogP contribution is -2.11. The largest absolute Gasteiger partial charge is 0.338 e. The Hall–Kier alpha value is -5.22. The van der Waals surface area contributed by atoms with Crippen molar-refractivity contribution in [1.82, 2.24) is 30.1 Å². The second-order valence-electron chi connectivity index (χ2n) is 8.88. The predicted octanol–water partition coefficient (Wildman–Crippen LogP) is 6.68. The fraction of sp³-hybridized carbons (Fsp3) is 0. The van der Waals surface area contributed by atoms with Gasteiger partial charge in [0, 0.05) is 56.5 Å². The average Bonchev–Trinajstić information content (AvgIpc) is 3.71. The molecule has 0 bridgehead atoms. The third-order valence-corrected chi connectivity index (χ3v) is 7.31. The van der Waals surface area contributed by atoms with Gasteiger partial charge in [-0.05, 0) is 48.5 Å². The Kier molecular flexibility index (Phi) is 5.45. The van der Waals surface area contributed by atoms with Crippen LogP contribution >= 0.6 is 11.3 Å². The molecule has 0 fully saturated rings. The van der Waals surface area contributed by atoms with Crippen LogP contribution in [0.25, 0.3) is 55.0 Å². The summed E-state index contributed by atoms with van der Waals surface area (Å²) in [5, 5.41) is 11.9. The minimum Gasteiger partial charge on any atom is -0.338 e. The first-order chi connectivity index (χ1) is 19.1. The summed E-state index contributed by atoms with van der Waals surface area (Å²) in [7, 11) is 0. The molecule has 7 rings (SSSR count). The zero-order valence-corrected chi connectivity index (χ0v) is 21.0. The molecule has 7 aromatic rings. The summed E-state index contributed by atoms with van der Waals surface area (Å²) in [6.45, 7) is 0. The van der Waals surface area contributed by atoms with Gasteiger partial charge >= 0.3 is 0 Å². The van der Waals surface area contributed by atoms with Crippen molar-refractivity contribution < 1.29 is 9.18 Å². The van der Waals surface area contributed by atoms with Crippen molar-refractivity contribution in [1.29, 1.82) is 0 Å². The van der Waals surface area contributed by atoms with Crippen LogP contribution in [0, 0.1) is 5.13 Å². The maximum absolute atomic E-state index is 13.7. The van der Waals surface area contributed by atoms with Gasteiger partial charge in [-0.25, -0.2) is 9.97 Å². The van der Waals surface area contributed by atoms with Gasteiger partial charge in [0.15, 0.2) is 10.8 Å². The number of aromatic nitrogens is 6. The number of nitrogens with one attached hydrogen (secondary N) is 3. The third-order valence-electron chi connectivity index (χ3n) is 6.41. The Bertz CT molecular complexity index is 1990. The van der Waals surface area contributed by atoms with E-state index in [-0.39, 0.29) is 11.0 Å². The lowest BCUT2D eigenvalue weighted by atomic mass is 10.1. The molecule has 6 aromatic heterocycles. The van der Waals surface area contributed by atoms with E-state index in [4.69, 9.17) is 0 Å². The number of rotatable bonds is 5. The number of hydrogen-bond acceptors (Lipinski definition) is 6. The normalized spacial score (nSPS) is 11.3. The van der Waals surface area contributed by atoms with Gasteiger partial charge in [-0.1, -0.05) is 18.2 Å². The van der Waals surface area contributed by atoms with E-state index >= 15 is 0 Å². The van der Waals surface area contributed by atoms with Gasteiger partial charge < -0.3 is 10.3 Å². The van der Waals surface area contributed by atoms with E-state index in [9.17, 15) is 9.18 Å². The minimum absolute atomic E-state index is 0.211. The van der Waals surface area contributed by atoms with E-state index in [0.717, 1.165) is 49.4 Å². The van der Waals surface area contributed by atoms with Crippen LogP contribution in [0.15, 0.2) is 91.5 Å². The minimum atomic E-state index is -0.235. The lowest BCUT2D eigenvalue weighted by molar-refractivity contribution is 0.102. The smallest absolute Gasteiger partial charge is 0.255 e. The van der Waals surface area contributed by atoms with Gasteiger partial charge in [0.25, 0.3) is 5.91 Å². The highest BCUT2D eigenvalue weighted by atomic mass is 32.1. The van der Waals surface area contributed by atoms with E-state index in [1.54, 1.807) is 43.0 Å². The van der Waals surface area contributed by atoms with Crippen molar-refractivity contribution >= 4 is 45.0 Å². The van der Waals surface area contributed by atoms with Crippen LogP contribution in [0.5, 0.6) is 0 Å². The molecule has 1 amide bonds. The van der Waals surface area contributed by atoms with Gasteiger partial charge in [0.1, 0.15) is 11.3 Å². The summed E-state index contributed by atoms with van der Waals surface area (Å²) in [6.07, 6.45) is 6.77. The number of nitrogens with zero attached hydrogens (tertiary/aromatic N) is 4. The molecule has 6 heterocycles. The van der Waals surface area contributed by atoms with Crippen LogP contribution in [0.2, 0.25) is 0 Å². The number of carbonyl (C=O) groups excluding carboxylic acids is 1. The van der Waals surface area contributed by atoms with Crippen LogP contribution < -0.4 is 5.32 Å². The molecule has 0 unspecified atom stereocenters. The topological polar surface area (TPSA) is 112 Å². The quantitative estimate of drug-likeness (QED) is 0.229. The van der Waals surface area contributed by atoms with Crippen LogP contribution in [-0.2, 0) is 0 Å². The maximum Gasteiger partial charge on any atom is 0.255 e. The molecule has 3 N–H and O–H groups in total. The third kappa shape index (κ3) is 4.22. The summed E-state index contributed by atoms with van der Waals surface area (Å²) in [5.74, 6) is -0.211. The molecule has 8 nitrogen and oxygen atoms in total. The van der Waals surface area contributed by atoms with Crippen molar-refractivity contribution in [3.8, 4) is 33.0 Å². The molecule has 0 aliphatic heterocycles. The number of H-pyrrole nitrogens is 2. The van der Waals surface area contributed by atoms with E-state index in [2.05, 4.69) is 35.5 Å². The summed E-state index contributed by atoms with van der Waals surface area (Å²) < 4.78 is 13.7. The first-order valence-electron chi connectivity index (χ1n) is 12.0. The van der Waals surface area contributed by atoms with Gasteiger partial charge in [-0.15, -0.1) is 11.3 Å². The van der Waals surface area contributed by atoms with Gasteiger partial charge in [-0.3, -0.25) is 14.9 Å². The first kappa shape index (κ1) is 22.9. The molecule has 0 aliphatic rings. The molecule has 188 valence electrons. The molecule has 0 spiro atoms. The summed E-state index contributed by atoms with van der Waals surface area (Å²) >= 11 is 1.10. The average molecular weight is 532 g/mol. The Labute approximate surface area is 224 Å². The van der Waals surface area contributed by atoms with Crippen molar-refractivity contribution in [3.63, 3.8) is 0 Å². The number of amides is 1. The van der Waals surface area contributed by atoms with Crippen LogP contribution in [0.3, 0.4) is 0 Å². The highest BCUT2D eigenvalue weighted by Crippen LogP contribution is 2.36. The molecule has 0 saturated heterocycles. The number of thiophene rings is 1. The molecular formula is C29H18FN7OS. The maximum atomic E-state index is 13.7. The molecule has 0 saturated carbocycles. The van der Waals surface area contributed by atoms with Crippen LogP contribution in [-0.4, -0.2) is 36.0 Å². The zero-order chi connectivity index (χ0) is 26.3. The zero-order valence-electron chi connectivity index (χ0n) is 20.1. The van der Waals surface area contributed by atoms with E-state index < -0.39 is 0 Å². The Balaban J connectivity index is 1.25. The first-order valence-corrected chi connectivity index (χ1v) is 12.8. The molecule has 10 heteroatoms. The number of aromatic amines is 2. The number of benzene rings is 1. The number of pyridine rings is 3. The predicted molar refractivity (Wildman–Crippen MR) is 150 cm³/mol. The van der Waals surface area contributed by atoms with Crippen LogP contribution in [0.4, 0.5) is 10.1 Å². The fourth-order valence-electron chi connectivity index (χ4n) is 4.55. The fourth-order valence-corrected chi connectivity index (χ4v) is 5.32. The molecule has 1 aromatic carbocycles. The standard InChI is InChI=1S/C29H18FN7OS/c30-25-7-6-24(39-25)20-8-9-32-27-21(20)12-23(35-27)26-22-11-18(14-33-28(22)37-36-26)17-10-19(15-31-13-17)34-29(38)16-4-2-1-3-5-16/h1-15H,(H,32,35)(H,34,38)(H,33,36,37). The van der Waals surface area contributed by atoms with Gasteiger partial charge in [0.05, 0.1) is 17.6 Å². The van der Waals surface area contributed by atoms with Crippen LogP contribution in [0.1, 0.15) is 10.4 Å². The molecule has 0 atom stereocenters. The number of anilines is 1. The second kappa shape index (κ2) is 9.26. The highest BCUT2D eigenvalue weighted by molar-refractivity contribution is 7.14. The van der Waals surface area contributed by atoms with E-state index in [0.29, 0.717) is 28.2 Å².